The molecule has 3 heteroatoms. The van der Waals surface area contributed by atoms with Crippen molar-refractivity contribution in [1.29, 1.82) is 0 Å². The Kier molecular flexibility index (Phi) is 5.89. The molecule has 0 aliphatic heterocycles. The van der Waals surface area contributed by atoms with E-state index in [1.165, 1.54) is 11.7 Å². The van der Waals surface area contributed by atoms with Crippen LogP contribution in [0.25, 0.3) is 0 Å². The van der Waals surface area contributed by atoms with Crippen LogP contribution < -0.4 is 0 Å². The third-order valence-corrected chi connectivity index (χ3v) is 3.82. The van der Waals surface area contributed by atoms with Crippen LogP contribution >= 0.6 is 0 Å². The van der Waals surface area contributed by atoms with Crippen LogP contribution in [0.4, 0.5) is 0 Å². The molecule has 0 aliphatic carbocycles. The fourth-order valence-electron chi connectivity index (χ4n) is 1.88. The SMILES string of the molecule is CCOCN(Cc1ccccc1)C[Si](C)(C)C. The van der Waals surface area contributed by atoms with E-state index in [-0.39, 0.29) is 0 Å². The molecule has 1 aromatic carbocycles. The minimum atomic E-state index is -1.08. The predicted molar refractivity (Wildman–Crippen MR) is 76.7 cm³/mol. The summed E-state index contributed by atoms with van der Waals surface area (Å²) in [5.41, 5.74) is 1.37. The quantitative estimate of drug-likeness (QED) is 0.544. The van der Waals surface area contributed by atoms with E-state index < -0.39 is 8.07 Å². The highest BCUT2D eigenvalue weighted by atomic mass is 28.3. The Balaban J connectivity index is 2.57. The predicted octanol–water partition coefficient (Wildman–Crippen LogP) is 3.36. The van der Waals surface area contributed by atoms with Gasteiger partial charge in [-0.25, -0.2) is 0 Å². The number of hydrogen-bond acceptors (Lipinski definition) is 2. The van der Waals surface area contributed by atoms with Gasteiger partial charge in [0.2, 0.25) is 0 Å². The zero-order valence-electron chi connectivity index (χ0n) is 11.6. The highest BCUT2D eigenvalue weighted by molar-refractivity contribution is 6.76. The summed E-state index contributed by atoms with van der Waals surface area (Å²) < 4.78 is 5.56. The molecule has 96 valence electrons. The van der Waals surface area contributed by atoms with Gasteiger partial charge in [-0.2, -0.15) is 0 Å². The lowest BCUT2D eigenvalue weighted by molar-refractivity contribution is 0.0405. The molecule has 0 saturated carbocycles. The molecule has 0 aliphatic rings. The maximum atomic E-state index is 5.56. The van der Waals surface area contributed by atoms with Gasteiger partial charge in [-0.05, 0) is 18.7 Å². The molecular weight excluding hydrogens is 226 g/mol. The number of hydrogen-bond donors (Lipinski definition) is 0. The second-order valence-corrected chi connectivity index (χ2v) is 11.1. The second kappa shape index (κ2) is 6.94. The average Bonchev–Trinajstić information content (AvgIpc) is 2.25. The van der Waals surface area contributed by atoms with Gasteiger partial charge in [0, 0.05) is 13.2 Å². The van der Waals surface area contributed by atoms with Crippen LogP contribution in [0.15, 0.2) is 30.3 Å². The summed E-state index contributed by atoms with van der Waals surface area (Å²) in [6.45, 7) is 11.8. The van der Waals surface area contributed by atoms with E-state index in [9.17, 15) is 0 Å². The van der Waals surface area contributed by atoms with E-state index in [2.05, 4.69) is 61.8 Å². The van der Waals surface area contributed by atoms with E-state index in [0.29, 0.717) is 0 Å². The number of rotatable bonds is 7. The summed E-state index contributed by atoms with van der Waals surface area (Å²) in [6, 6.07) is 10.6. The zero-order valence-corrected chi connectivity index (χ0v) is 12.6. The van der Waals surface area contributed by atoms with Crippen molar-refractivity contribution in [1.82, 2.24) is 4.90 Å². The molecule has 0 saturated heterocycles. The van der Waals surface area contributed by atoms with Gasteiger partial charge in [0.25, 0.3) is 0 Å². The summed E-state index contributed by atoms with van der Waals surface area (Å²) in [6.07, 6.45) is 1.18. The van der Waals surface area contributed by atoms with Gasteiger partial charge in [0.05, 0.1) is 14.8 Å². The molecule has 0 heterocycles. The fraction of sp³-hybridized carbons (Fsp3) is 0.571. The van der Waals surface area contributed by atoms with Gasteiger partial charge in [-0.1, -0.05) is 50.0 Å². The Morgan fingerprint density at radius 3 is 2.29 bits per heavy atom. The summed E-state index contributed by atoms with van der Waals surface area (Å²) in [7, 11) is -1.08. The van der Waals surface area contributed by atoms with Crippen LogP contribution in [0, 0.1) is 0 Å². The monoisotopic (exact) mass is 251 g/mol. The van der Waals surface area contributed by atoms with Crippen molar-refractivity contribution >= 4 is 8.07 Å². The van der Waals surface area contributed by atoms with Gasteiger partial charge < -0.3 is 4.74 Å². The van der Waals surface area contributed by atoms with E-state index >= 15 is 0 Å². The largest absolute Gasteiger partial charge is 0.366 e. The molecule has 1 rings (SSSR count). The molecular formula is C14H25NOSi. The number of nitrogens with zero attached hydrogens (tertiary/aromatic N) is 1. The third kappa shape index (κ3) is 6.61. The standard InChI is InChI=1S/C14H25NOSi/c1-5-16-12-15(13-17(2,3)4)11-14-9-7-6-8-10-14/h6-10H,5,11-13H2,1-4H3. The number of ether oxygens (including phenoxy) is 1. The van der Waals surface area contributed by atoms with Crippen molar-refractivity contribution in [3.63, 3.8) is 0 Å². The lowest BCUT2D eigenvalue weighted by Gasteiger charge is -2.28. The van der Waals surface area contributed by atoms with E-state index in [4.69, 9.17) is 4.74 Å². The Hall–Kier alpha value is -0.643. The average molecular weight is 251 g/mol. The number of benzene rings is 1. The lowest BCUT2D eigenvalue weighted by atomic mass is 10.2. The molecule has 0 radical (unpaired) electrons. The molecule has 0 bridgehead atoms. The molecule has 0 spiro atoms. The molecule has 0 atom stereocenters. The Morgan fingerprint density at radius 2 is 1.76 bits per heavy atom. The van der Waals surface area contributed by atoms with Crippen molar-refractivity contribution in [2.45, 2.75) is 33.1 Å². The highest BCUT2D eigenvalue weighted by Gasteiger charge is 2.18. The molecule has 0 aromatic heterocycles. The Labute approximate surface area is 107 Å². The van der Waals surface area contributed by atoms with Gasteiger partial charge >= 0.3 is 0 Å². The van der Waals surface area contributed by atoms with Crippen molar-refractivity contribution in [3.8, 4) is 0 Å². The first-order chi connectivity index (χ1) is 8.01. The van der Waals surface area contributed by atoms with E-state index in [0.717, 1.165) is 19.9 Å². The van der Waals surface area contributed by atoms with Crippen molar-refractivity contribution in [3.05, 3.63) is 35.9 Å². The minimum absolute atomic E-state index is 0.746. The van der Waals surface area contributed by atoms with Crippen LogP contribution in [0.3, 0.4) is 0 Å². The van der Waals surface area contributed by atoms with Gasteiger partial charge in [-0.15, -0.1) is 0 Å². The zero-order chi connectivity index (χ0) is 12.7. The molecule has 0 unspecified atom stereocenters. The topological polar surface area (TPSA) is 12.5 Å². The highest BCUT2D eigenvalue weighted by Crippen LogP contribution is 2.09. The summed E-state index contributed by atoms with van der Waals surface area (Å²) >= 11 is 0. The van der Waals surface area contributed by atoms with Crippen molar-refractivity contribution in [2.24, 2.45) is 0 Å². The summed E-state index contributed by atoms with van der Waals surface area (Å²) in [5.74, 6) is 0. The van der Waals surface area contributed by atoms with Crippen LogP contribution in [0.5, 0.6) is 0 Å². The third-order valence-electron chi connectivity index (χ3n) is 2.42. The Bertz CT molecular complexity index is 308. The smallest absolute Gasteiger partial charge is 0.0990 e. The second-order valence-electron chi connectivity index (χ2n) is 5.66. The van der Waals surface area contributed by atoms with Crippen LogP contribution in [0.2, 0.25) is 19.6 Å². The fourth-order valence-corrected chi connectivity index (χ4v) is 3.42. The first-order valence-electron chi connectivity index (χ1n) is 6.35. The first-order valence-corrected chi connectivity index (χ1v) is 10.1. The molecule has 0 amide bonds. The van der Waals surface area contributed by atoms with Crippen molar-refractivity contribution < 1.29 is 4.74 Å². The van der Waals surface area contributed by atoms with Crippen LogP contribution in [0.1, 0.15) is 12.5 Å². The molecule has 17 heavy (non-hydrogen) atoms. The molecule has 2 nitrogen and oxygen atoms in total. The van der Waals surface area contributed by atoms with Gasteiger partial charge in [0.1, 0.15) is 0 Å². The lowest BCUT2D eigenvalue weighted by Crippen LogP contribution is -2.41. The van der Waals surface area contributed by atoms with Gasteiger partial charge in [-0.3, -0.25) is 4.90 Å². The van der Waals surface area contributed by atoms with Gasteiger partial charge in [0.15, 0.2) is 0 Å². The Morgan fingerprint density at radius 1 is 1.12 bits per heavy atom. The molecule has 1 aromatic rings. The maximum Gasteiger partial charge on any atom is 0.0990 e. The van der Waals surface area contributed by atoms with Crippen LogP contribution in [-0.4, -0.2) is 32.5 Å². The summed E-state index contributed by atoms with van der Waals surface area (Å²) in [5, 5.41) is 0. The van der Waals surface area contributed by atoms with E-state index in [1.807, 2.05) is 0 Å². The molecule has 0 fully saturated rings. The maximum absolute atomic E-state index is 5.56. The first kappa shape index (κ1) is 14.4. The molecule has 0 N–H and O–H groups in total. The van der Waals surface area contributed by atoms with Crippen molar-refractivity contribution in [2.75, 3.05) is 19.5 Å². The van der Waals surface area contributed by atoms with Crippen LogP contribution in [-0.2, 0) is 11.3 Å². The van der Waals surface area contributed by atoms with E-state index in [1.54, 1.807) is 0 Å². The normalized spacial score (nSPS) is 12.1. The minimum Gasteiger partial charge on any atom is -0.366 e. The summed E-state index contributed by atoms with van der Waals surface area (Å²) in [4.78, 5) is 2.42.